The molecule has 3 aromatic heterocycles. The Bertz CT molecular complexity index is 1700. The Balaban J connectivity index is 1.82. The van der Waals surface area contributed by atoms with Gasteiger partial charge in [0.15, 0.2) is 0 Å². The number of fused-ring (bicyclic) bond motifs is 8. The minimum atomic E-state index is 0.804. The highest BCUT2D eigenvalue weighted by atomic mass is 79.9. The minimum Gasteiger partial charge on any atom is -0.354 e. The number of aromatic nitrogens is 4. The van der Waals surface area contributed by atoms with Gasteiger partial charge in [-0.1, -0.05) is 30.3 Å². The van der Waals surface area contributed by atoms with E-state index in [1.807, 2.05) is 36.4 Å². The minimum absolute atomic E-state index is 0.804. The van der Waals surface area contributed by atoms with Gasteiger partial charge in [-0.2, -0.15) is 0 Å². The van der Waals surface area contributed by atoms with Crippen molar-refractivity contribution < 1.29 is 0 Å². The number of nitrogens with zero attached hydrogens (tertiary/aromatic N) is 2. The first kappa shape index (κ1) is 22.2. The standard InChI is InChI=1S/C26H14Br4N4/c27-14-12-21-22(13-4-2-1-3-5-13)15-6-7-16(31-15)23(28)17-8-9-18(32-17)24(29)19-10-11-20(33-19)25(30)26(14)34-21/h1-12,31-32H. The van der Waals surface area contributed by atoms with Gasteiger partial charge in [-0.3, -0.25) is 0 Å². The molecule has 0 amide bonds. The number of hydrogen-bond donors (Lipinski definition) is 2. The van der Waals surface area contributed by atoms with E-state index in [0.717, 1.165) is 73.9 Å². The lowest BCUT2D eigenvalue weighted by Gasteiger charge is -2.03. The number of rotatable bonds is 1. The Hall–Kier alpha value is -2.26. The van der Waals surface area contributed by atoms with Crippen molar-refractivity contribution in [2.24, 2.45) is 0 Å². The molecule has 4 nitrogen and oxygen atoms in total. The summed E-state index contributed by atoms with van der Waals surface area (Å²) in [6, 6.07) is 18.6. The van der Waals surface area contributed by atoms with Crippen molar-refractivity contribution in [1.82, 2.24) is 19.9 Å². The van der Waals surface area contributed by atoms with E-state index in [9.17, 15) is 0 Å². The predicted molar refractivity (Wildman–Crippen MR) is 155 cm³/mol. The molecule has 0 fully saturated rings. The van der Waals surface area contributed by atoms with E-state index in [0.29, 0.717) is 0 Å². The van der Waals surface area contributed by atoms with Gasteiger partial charge >= 0.3 is 0 Å². The van der Waals surface area contributed by atoms with Gasteiger partial charge in [0.2, 0.25) is 0 Å². The van der Waals surface area contributed by atoms with Crippen LogP contribution in [0.15, 0.2) is 68.0 Å². The summed E-state index contributed by atoms with van der Waals surface area (Å²) in [4.78, 5) is 16.9. The van der Waals surface area contributed by atoms with Crippen molar-refractivity contribution in [3.63, 3.8) is 0 Å². The molecule has 8 bridgehead atoms. The van der Waals surface area contributed by atoms with Crippen molar-refractivity contribution in [2.75, 3.05) is 0 Å². The Morgan fingerprint density at radius 2 is 1.15 bits per heavy atom. The molecule has 5 heterocycles. The smallest absolute Gasteiger partial charge is 0.0943 e. The van der Waals surface area contributed by atoms with Gasteiger partial charge in [-0.15, -0.1) is 0 Å². The zero-order valence-corrected chi connectivity index (χ0v) is 23.7. The van der Waals surface area contributed by atoms with E-state index >= 15 is 0 Å². The highest BCUT2D eigenvalue weighted by molar-refractivity contribution is 9.15. The summed E-state index contributed by atoms with van der Waals surface area (Å²) < 4.78 is 3.55. The molecule has 2 aliphatic rings. The van der Waals surface area contributed by atoms with Crippen LogP contribution < -0.4 is 0 Å². The first-order chi connectivity index (χ1) is 16.5. The molecule has 0 atom stereocenters. The van der Waals surface area contributed by atoms with Crippen molar-refractivity contribution in [3.8, 4) is 11.1 Å². The topological polar surface area (TPSA) is 57.4 Å². The summed E-state index contributed by atoms with van der Waals surface area (Å²) in [6.07, 6.45) is 6.04. The average molecular weight is 702 g/mol. The maximum atomic E-state index is 5.02. The Morgan fingerprint density at radius 1 is 0.559 bits per heavy atom. The van der Waals surface area contributed by atoms with Gasteiger partial charge in [0.1, 0.15) is 0 Å². The lowest BCUT2D eigenvalue weighted by Crippen LogP contribution is -1.87. The van der Waals surface area contributed by atoms with Crippen LogP contribution in [0.3, 0.4) is 0 Å². The van der Waals surface area contributed by atoms with E-state index in [4.69, 9.17) is 9.97 Å². The molecule has 8 heteroatoms. The third-order valence-electron chi connectivity index (χ3n) is 5.69. The van der Waals surface area contributed by atoms with Crippen LogP contribution in [0.1, 0.15) is 22.8 Å². The zero-order valence-electron chi connectivity index (χ0n) is 17.3. The second-order valence-corrected chi connectivity index (χ2v) is 11.0. The Kier molecular flexibility index (Phi) is 5.72. The zero-order chi connectivity index (χ0) is 23.4. The van der Waals surface area contributed by atoms with Crippen LogP contribution >= 0.6 is 63.7 Å². The van der Waals surface area contributed by atoms with Crippen LogP contribution in [0.25, 0.3) is 55.9 Å². The molecule has 166 valence electrons. The first-order valence-electron chi connectivity index (χ1n) is 10.4. The number of aromatic amines is 2. The largest absolute Gasteiger partial charge is 0.354 e. The molecule has 0 spiro atoms. The van der Waals surface area contributed by atoms with Crippen molar-refractivity contribution in [1.29, 1.82) is 0 Å². The van der Waals surface area contributed by atoms with Gasteiger partial charge in [0, 0.05) is 15.6 Å². The molecule has 2 N–H and O–H groups in total. The van der Waals surface area contributed by atoms with Crippen LogP contribution in [-0.4, -0.2) is 19.9 Å². The van der Waals surface area contributed by atoms with Gasteiger partial charge < -0.3 is 9.97 Å². The molecule has 0 aliphatic carbocycles. The summed E-state index contributed by atoms with van der Waals surface area (Å²) in [6.45, 7) is 0. The molecule has 0 saturated carbocycles. The van der Waals surface area contributed by atoms with Gasteiger partial charge in [-0.05, 0) is 112 Å². The molecule has 34 heavy (non-hydrogen) atoms. The van der Waals surface area contributed by atoms with Gasteiger partial charge in [-0.25, -0.2) is 9.97 Å². The molecule has 1 aromatic carbocycles. The maximum absolute atomic E-state index is 5.02. The van der Waals surface area contributed by atoms with E-state index in [2.05, 4.69) is 110 Å². The summed E-state index contributed by atoms with van der Waals surface area (Å²) >= 11 is 15.0. The second kappa shape index (κ2) is 8.75. The van der Waals surface area contributed by atoms with E-state index in [-0.39, 0.29) is 0 Å². The van der Waals surface area contributed by atoms with E-state index in [1.165, 1.54) is 0 Å². The second-order valence-electron chi connectivity index (χ2n) is 7.81. The fourth-order valence-electron chi connectivity index (χ4n) is 4.05. The van der Waals surface area contributed by atoms with Crippen LogP contribution in [0, 0.1) is 0 Å². The molecule has 0 radical (unpaired) electrons. The fraction of sp³-hybridized carbons (Fsp3) is 0. The molecular formula is C26H14Br4N4. The van der Waals surface area contributed by atoms with Crippen molar-refractivity contribution in [2.45, 2.75) is 0 Å². The van der Waals surface area contributed by atoms with Crippen LogP contribution in [-0.2, 0) is 0 Å². The molecule has 0 saturated heterocycles. The average Bonchev–Trinajstić information content (AvgIpc) is 3.65. The molecule has 6 rings (SSSR count). The van der Waals surface area contributed by atoms with Crippen molar-refractivity contribution in [3.05, 3.63) is 90.8 Å². The number of hydrogen-bond acceptors (Lipinski definition) is 2. The fourth-order valence-corrected chi connectivity index (χ4v) is 6.26. The number of halogens is 4. The maximum Gasteiger partial charge on any atom is 0.0943 e. The van der Waals surface area contributed by atoms with Crippen LogP contribution in [0.4, 0.5) is 0 Å². The lowest BCUT2D eigenvalue weighted by atomic mass is 10.0. The van der Waals surface area contributed by atoms with Gasteiger partial charge in [0.25, 0.3) is 0 Å². The monoisotopic (exact) mass is 698 g/mol. The van der Waals surface area contributed by atoms with Crippen LogP contribution in [0.5, 0.6) is 0 Å². The molecule has 2 aliphatic heterocycles. The number of nitrogens with one attached hydrogen (secondary N) is 2. The lowest BCUT2D eigenvalue weighted by molar-refractivity contribution is 1.25. The first-order valence-corrected chi connectivity index (χ1v) is 13.5. The molecule has 0 unspecified atom stereocenters. The molecular weight excluding hydrogens is 688 g/mol. The molecule has 4 aromatic rings. The van der Waals surface area contributed by atoms with Gasteiger partial charge in [0.05, 0.1) is 52.7 Å². The summed E-state index contributed by atoms with van der Waals surface area (Å²) in [7, 11) is 0. The normalized spacial score (nSPS) is 12.8. The van der Waals surface area contributed by atoms with Crippen LogP contribution in [0.2, 0.25) is 0 Å². The summed E-state index contributed by atoms with van der Waals surface area (Å²) in [5, 5.41) is 0. The van der Waals surface area contributed by atoms with E-state index in [1.54, 1.807) is 0 Å². The SMILES string of the molecule is BrC1=Cc2nc1c(Br)c1nc(c(Br)c3ccc([nH]3)c(Br)c3ccc([nH]3)c2-c2ccccc2)C=C1. The van der Waals surface area contributed by atoms with Crippen molar-refractivity contribution >= 4 is 108 Å². The number of H-pyrrole nitrogens is 2. The third-order valence-corrected chi connectivity index (χ3v) is 8.76. The number of benzene rings is 1. The Labute approximate surface area is 228 Å². The predicted octanol–water partition coefficient (Wildman–Crippen LogP) is 9.33. The summed E-state index contributed by atoms with van der Waals surface area (Å²) in [5.74, 6) is 0. The van der Waals surface area contributed by atoms with E-state index < -0.39 is 0 Å². The highest BCUT2D eigenvalue weighted by Crippen LogP contribution is 2.39. The summed E-state index contributed by atoms with van der Waals surface area (Å²) in [5.41, 5.74) is 9.26. The third kappa shape index (κ3) is 3.77. The Morgan fingerprint density at radius 3 is 1.85 bits per heavy atom. The quantitative estimate of drug-likeness (QED) is 0.183. The highest BCUT2D eigenvalue weighted by Gasteiger charge is 2.19.